The fourth-order valence-corrected chi connectivity index (χ4v) is 2.30. The summed E-state index contributed by atoms with van der Waals surface area (Å²) in [5.41, 5.74) is 3.21. The van der Waals surface area contributed by atoms with E-state index in [-0.39, 0.29) is 5.91 Å². The van der Waals surface area contributed by atoms with Crippen molar-refractivity contribution in [2.45, 2.75) is 6.42 Å². The number of carbonyl (C=O) groups excluding carboxylic acids is 1. The Labute approximate surface area is 106 Å². The van der Waals surface area contributed by atoms with Crippen LogP contribution >= 0.6 is 0 Å². The molecular formula is C13H16N4O. The average molecular weight is 244 g/mol. The first-order valence-electron chi connectivity index (χ1n) is 6.22. The summed E-state index contributed by atoms with van der Waals surface area (Å²) >= 11 is 0. The molecule has 18 heavy (non-hydrogen) atoms. The number of aliphatic imine (C=N–C) groups is 1. The molecule has 1 fully saturated rings. The number of hydrogen-bond donors (Lipinski definition) is 0. The number of pyridine rings is 1. The minimum atomic E-state index is 0.160. The topological polar surface area (TPSA) is 48.8 Å². The van der Waals surface area contributed by atoms with Crippen LogP contribution in [0.15, 0.2) is 17.3 Å². The van der Waals surface area contributed by atoms with E-state index < -0.39 is 0 Å². The van der Waals surface area contributed by atoms with Crippen LogP contribution < -0.4 is 4.90 Å². The first-order chi connectivity index (χ1) is 8.74. The number of aromatic nitrogens is 1. The van der Waals surface area contributed by atoms with Gasteiger partial charge in [0.1, 0.15) is 0 Å². The van der Waals surface area contributed by atoms with Crippen LogP contribution in [0.1, 0.15) is 11.3 Å². The summed E-state index contributed by atoms with van der Waals surface area (Å²) in [5.74, 6) is 0.160. The van der Waals surface area contributed by atoms with Crippen molar-refractivity contribution in [3.05, 3.63) is 23.5 Å². The lowest BCUT2D eigenvalue weighted by Gasteiger charge is -2.33. The predicted molar refractivity (Wildman–Crippen MR) is 70.3 cm³/mol. The number of likely N-dealkylation sites (N-methyl/N-ethyl adjacent to an activating group) is 1. The Morgan fingerprint density at radius 3 is 3.06 bits per heavy atom. The minimum absolute atomic E-state index is 0.160. The van der Waals surface area contributed by atoms with Gasteiger partial charge in [0.25, 0.3) is 0 Å². The van der Waals surface area contributed by atoms with Gasteiger partial charge in [-0.25, -0.2) is 0 Å². The van der Waals surface area contributed by atoms with E-state index in [1.807, 2.05) is 19.5 Å². The first kappa shape index (κ1) is 11.2. The highest BCUT2D eigenvalue weighted by Crippen LogP contribution is 2.20. The van der Waals surface area contributed by atoms with Crippen LogP contribution in [-0.2, 0) is 11.2 Å². The summed E-state index contributed by atoms with van der Waals surface area (Å²) in [5, 5.41) is 0. The molecule has 1 aromatic rings. The fraction of sp³-hybridized carbons (Fsp3) is 0.462. The monoisotopic (exact) mass is 244 g/mol. The average Bonchev–Trinajstić information content (AvgIpc) is 2.41. The molecule has 1 amide bonds. The van der Waals surface area contributed by atoms with Crippen LogP contribution in [0, 0.1) is 0 Å². The lowest BCUT2D eigenvalue weighted by molar-refractivity contribution is -0.129. The molecule has 1 aromatic heterocycles. The third-order valence-corrected chi connectivity index (χ3v) is 3.52. The molecule has 0 atom stereocenters. The fourth-order valence-electron chi connectivity index (χ4n) is 2.30. The zero-order valence-electron chi connectivity index (χ0n) is 10.5. The Hall–Kier alpha value is -1.91. The smallest absolute Gasteiger partial charge is 0.241 e. The molecule has 3 heterocycles. The van der Waals surface area contributed by atoms with Crippen molar-refractivity contribution < 1.29 is 4.79 Å². The van der Waals surface area contributed by atoms with Gasteiger partial charge >= 0.3 is 0 Å². The number of piperazine rings is 1. The van der Waals surface area contributed by atoms with E-state index in [4.69, 9.17) is 0 Å². The Kier molecular flexibility index (Phi) is 2.74. The summed E-state index contributed by atoms with van der Waals surface area (Å²) in [6.07, 6.45) is 4.66. The van der Waals surface area contributed by atoms with Crippen LogP contribution in [-0.4, -0.2) is 55.2 Å². The van der Waals surface area contributed by atoms with Crippen LogP contribution in [0.4, 0.5) is 5.69 Å². The molecule has 0 spiro atoms. The molecule has 2 aliphatic heterocycles. The van der Waals surface area contributed by atoms with E-state index in [0.29, 0.717) is 6.54 Å². The van der Waals surface area contributed by atoms with E-state index >= 15 is 0 Å². The van der Waals surface area contributed by atoms with Gasteiger partial charge in [0.05, 0.1) is 24.1 Å². The summed E-state index contributed by atoms with van der Waals surface area (Å²) in [6, 6.07) is 2.09. The zero-order chi connectivity index (χ0) is 12.5. The molecule has 3 rings (SSSR count). The van der Waals surface area contributed by atoms with E-state index in [0.717, 1.165) is 43.0 Å². The molecule has 5 nitrogen and oxygen atoms in total. The third kappa shape index (κ3) is 1.96. The number of hydrogen-bond acceptors (Lipinski definition) is 4. The van der Waals surface area contributed by atoms with Crippen LogP contribution in [0.2, 0.25) is 0 Å². The highest BCUT2D eigenvalue weighted by Gasteiger charge is 2.22. The molecule has 94 valence electrons. The van der Waals surface area contributed by atoms with E-state index in [2.05, 4.69) is 20.9 Å². The molecule has 0 unspecified atom stereocenters. The largest absolute Gasteiger partial charge is 0.359 e. The van der Waals surface area contributed by atoms with Crippen molar-refractivity contribution in [3.8, 4) is 0 Å². The molecule has 0 aliphatic carbocycles. The maximum Gasteiger partial charge on any atom is 0.241 e. The van der Waals surface area contributed by atoms with E-state index in [9.17, 15) is 4.79 Å². The molecule has 0 bridgehead atoms. The zero-order valence-corrected chi connectivity index (χ0v) is 10.5. The second kappa shape index (κ2) is 4.40. The molecule has 0 radical (unpaired) electrons. The molecule has 0 aromatic carbocycles. The lowest BCUT2D eigenvalue weighted by atomic mass is 10.1. The molecular weight excluding hydrogens is 228 g/mol. The van der Waals surface area contributed by atoms with Crippen molar-refractivity contribution in [2.75, 3.05) is 38.1 Å². The number of anilines is 1. The number of amides is 1. The molecule has 5 heteroatoms. The van der Waals surface area contributed by atoms with Gasteiger partial charge < -0.3 is 9.80 Å². The molecule has 0 saturated carbocycles. The van der Waals surface area contributed by atoms with Crippen LogP contribution in [0.25, 0.3) is 0 Å². The standard InChI is InChI=1S/C13H16N4O/c1-16-4-5-17(9-13(16)18)11-6-10-7-14-3-2-12(10)15-8-11/h6-8H,2-5,9H2,1H3. The Morgan fingerprint density at radius 2 is 2.22 bits per heavy atom. The summed E-state index contributed by atoms with van der Waals surface area (Å²) in [4.78, 5) is 24.3. The maximum atomic E-state index is 11.7. The minimum Gasteiger partial charge on any atom is -0.359 e. The second-order valence-electron chi connectivity index (χ2n) is 4.75. The van der Waals surface area contributed by atoms with Gasteiger partial charge in [-0.3, -0.25) is 14.8 Å². The SMILES string of the molecule is CN1CCN(c2cnc3c(c2)C=NCC3)CC1=O. The van der Waals surface area contributed by atoms with Crippen molar-refractivity contribution in [1.29, 1.82) is 0 Å². The second-order valence-corrected chi connectivity index (χ2v) is 4.75. The van der Waals surface area contributed by atoms with Crippen LogP contribution in [0.3, 0.4) is 0 Å². The quantitative estimate of drug-likeness (QED) is 0.715. The maximum absolute atomic E-state index is 11.7. The number of carbonyl (C=O) groups is 1. The summed E-state index contributed by atoms with van der Waals surface area (Å²) < 4.78 is 0. The first-order valence-corrected chi connectivity index (χ1v) is 6.22. The van der Waals surface area contributed by atoms with Gasteiger partial charge in [0, 0.05) is 44.9 Å². The van der Waals surface area contributed by atoms with Gasteiger partial charge in [-0.15, -0.1) is 0 Å². The molecule has 1 saturated heterocycles. The molecule has 0 N–H and O–H groups in total. The Balaban J connectivity index is 1.85. The van der Waals surface area contributed by atoms with Gasteiger partial charge in [0.15, 0.2) is 0 Å². The normalized spacial score (nSPS) is 19.1. The van der Waals surface area contributed by atoms with Crippen molar-refractivity contribution >= 4 is 17.8 Å². The highest BCUT2D eigenvalue weighted by molar-refractivity contribution is 5.85. The highest BCUT2D eigenvalue weighted by atomic mass is 16.2. The van der Waals surface area contributed by atoms with Crippen molar-refractivity contribution in [3.63, 3.8) is 0 Å². The van der Waals surface area contributed by atoms with Gasteiger partial charge in [-0.1, -0.05) is 0 Å². The Bertz CT molecular complexity index is 512. The summed E-state index contributed by atoms with van der Waals surface area (Å²) in [6.45, 7) is 2.89. The number of rotatable bonds is 1. The summed E-state index contributed by atoms with van der Waals surface area (Å²) in [7, 11) is 1.84. The van der Waals surface area contributed by atoms with Crippen LogP contribution in [0.5, 0.6) is 0 Å². The lowest BCUT2D eigenvalue weighted by Crippen LogP contribution is -2.48. The predicted octanol–water partition coefficient (Wildman–Crippen LogP) is 0.335. The van der Waals surface area contributed by atoms with Crippen molar-refractivity contribution in [1.82, 2.24) is 9.88 Å². The van der Waals surface area contributed by atoms with E-state index in [1.54, 1.807) is 4.90 Å². The van der Waals surface area contributed by atoms with Gasteiger partial charge in [-0.2, -0.15) is 0 Å². The molecule has 2 aliphatic rings. The third-order valence-electron chi connectivity index (χ3n) is 3.52. The van der Waals surface area contributed by atoms with Crippen molar-refractivity contribution in [2.24, 2.45) is 4.99 Å². The van der Waals surface area contributed by atoms with E-state index in [1.165, 1.54) is 0 Å². The Morgan fingerprint density at radius 1 is 1.33 bits per heavy atom. The number of fused-ring (bicyclic) bond motifs is 1. The number of nitrogens with zero attached hydrogens (tertiary/aromatic N) is 4. The van der Waals surface area contributed by atoms with Gasteiger partial charge in [0.2, 0.25) is 5.91 Å². The van der Waals surface area contributed by atoms with Gasteiger partial charge in [-0.05, 0) is 6.07 Å².